The molecular formula is C20H38. The summed E-state index contributed by atoms with van der Waals surface area (Å²) in [4.78, 5) is 0. The van der Waals surface area contributed by atoms with Crippen molar-refractivity contribution in [3.8, 4) is 0 Å². The van der Waals surface area contributed by atoms with Gasteiger partial charge in [0.2, 0.25) is 0 Å². The van der Waals surface area contributed by atoms with Gasteiger partial charge in [0.1, 0.15) is 0 Å². The average molecular weight is 279 g/mol. The van der Waals surface area contributed by atoms with Gasteiger partial charge in [-0.25, -0.2) is 0 Å². The van der Waals surface area contributed by atoms with Gasteiger partial charge in [-0.2, -0.15) is 0 Å². The lowest BCUT2D eigenvalue weighted by Crippen LogP contribution is -1.47. The first kappa shape index (κ1) is 31.0. The Hall–Kier alpha value is -1.56. The Kier molecular flexibility index (Phi) is 103. The number of hydrogen-bond acceptors (Lipinski definition) is 0. The van der Waals surface area contributed by atoms with Gasteiger partial charge >= 0.3 is 0 Å². The van der Waals surface area contributed by atoms with E-state index in [0.717, 1.165) is 0 Å². The third kappa shape index (κ3) is 331. The highest BCUT2D eigenvalue weighted by molar-refractivity contribution is 4.88. The van der Waals surface area contributed by atoms with Crippen LogP contribution in [0, 0.1) is 0 Å². The summed E-state index contributed by atoms with van der Waals surface area (Å²) in [6.45, 7) is 25.8. The molecule has 20 heavy (non-hydrogen) atoms. The van der Waals surface area contributed by atoms with E-state index in [1.54, 1.807) is 24.3 Å². The standard InChI is InChI=1S/C4H10.2C4H8.2C4H6/c5*1-3-4-2/h3-4H2,1-2H3;2*3-4H,1-2H3;2*3-4H,1-2H2/b;4-3+;4-3-;;. The Bertz CT molecular complexity index is 160. The Morgan fingerprint density at radius 1 is 0.500 bits per heavy atom. The maximum atomic E-state index is 3.36. The molecule has 0 aliphatic carbocycles. The van der Waals surface area contributed by atoms with Crippen LogP contribution in [0.5, 0.6) is 0 Å². The predicted molar refractivity (Wildman–Crippen MR) is 102 cm³/mol. The maximum Gasteiger partial charge on any atom is -0.0470 e. The highest BCUT2D eigenvalue weighted by Crippen LogP contribution is 1.76. The quantitative estimate of drug-likeness (QED) is 0.366. The highest BCUT2D eigenvalue weighted by Gasteiger charge is 1.56. The summed E-state index contributed by atoms with van der Waals surface area (Å²) in [6.07, 6.45) is 17.2. The Labute approximate surface area is 130 Å². The van der Waals surface area contributed by atoms with Crippen LogP contribution in [0.25, 0.3) is 0 Å². The van der Waals surface area contributed by atoms with E-state index >= 15 is 0 Å². The second-order valence-electron chi connectivity index (χ2n) is 3.28. The molecule has 0 saturated carbocycles. The van der Waals surface area contributed by atoms with E-state index in [2.05, 4.69) is 40.2 Å². The molecule has 0 aliphatic heterocycles. The van der Waals surface area contributed by atoms with Crippen LogP contribution in [0.3, 0.4) is 0 Å². The van der Waals surface area contributed by atoms with E-state index in [-0.39, 0.29) is 0 Å². The Morgan fingerprint density at radius 3 is 0.650 bits per heavy atom. The molecule has 0 aromatic rings. The van der Waals surface area contributed by atoms with Crippen LogP contribution in [0.1, 0.15) is 54.4 Å². The summed E-state index contributed by atoms with van der Waals surface area (Å²) in [7, 11) is 0. The van der Waals surface area contributed by atoms with Crippen LogP contribution in [0.2, 0.25) is 0 Å². The number of rotatable bonds is 3. The van der Waals surface area contributed by atoms with Crippen molar-refractivity contribution in [3.05, 3.63) is 74.9 Å². The van der Waals surface area contributed by atoms with Gasteiger partial charge in [-0.15, -0.1) is 0 Å². The molecule has 0 nitrogen and oxygen atoms in total. The third-order valence-corrected chi connectivity index (χ3v) is 1.50. The Balaban J connectivity index is -0.0000000469. The van der Waals surface area contributed by atoms with E-state index in [0.29, 0.717) is 0 Å². The molecule has 0 heterocycles. The zero-order valence-electron chi connectivity index (χ0n) is 14.9. The molecule has 0 aromatic heterocycles. The first-order valence-corrected chi connectivity index (χ1v) is 7.19. The fraction of sp³-hybridized carbons (Fsp3) is 0.400. The molecule has 0 heteroatoms. The number of allylic oxidation sites excluding steroid dienone is 8. The largest absolute Gasteiger partial charge is 0.0991 e. The second-order valence-corrected chi connectivity index (χ2v) is 3.28. The zero-order valence-corrected chi connectivity index (χ0v) is 14.9. The molecule has 118 valence electrons. The molecule has 0 bridgehead atoms. The summed E-state index contributed by atoms with van der Waals surface area (Å²) in [5.74, 6) is 0. The monoisotopic (exact) mass is 278 g/mol. The minimum atomic E-state index is 1.32. The first-order chi connectivity index (χ1) is 9.57. The first-order valence-electron chi connectivity index (χ1n) is 7.19. The van der Waals surface area contributed by atoms with E-state index in [1.165, 1.54) is 12.8 Å². The van der Waals surface area contributed by atoms with Gasteiger partial charge in [0.25, 0.3) is 0 Å². The average Bonchev–Trinajstić information content (AvgIpc) is 2.55. The van der Waals surface area contributed by atoms with E-state index in [9.17, 15) is 0 Å². The van der Waals surface area contributed by atoms with Crippen molar-refractivity contribution in [1.29, 1.82) is 0 Å². The lowest BCUT2D eigenvalue weighted by Gasteiger charge is -1.68. The fourth-order valence-electron chi connectivity index (χ4n) is 0. The minimum Gasteiger partial charge on any atom is -0.0991 e. The maximum absolute atomic E-state index is 3.36. The van der Waals surface area contributed by atoms with Gasteiger partial charge in [-0.1, -0.05) is 102 Å². The van der Waals surface area contributed by atoms with Crippen molar-refractivity contribution < 1.29 is 0 Å². The summed E-state index contributed by atoms with van der Waals surface area (Å²) < 4.78 is 0. The van der Waals surface area contributed by atoms with Crippen LogP contribution in [-0.4, -0.2) is 0 Å². The number of unbranched alkanes of at least 4 members (excludes halogenated alkanes) is 1. The molecule has 0 saturated heterocycles. The minimum absolute atomic E-state index is 1.32. The van der Waals surface area contributed by atoms with Crippen molar-refractivity contribution >= 4 is 0 Å². The smallest absolute Gasteiger partial charge is 0.0470 e. The van der Waals surface area contributed by atoms with Crippen molar-refractivity contribution in [2.24, 2.45) is 0 Å². The van der Waals surface area contributed by atoms with Gasteiger partial charge in [0.05, 0.1) is 0 Å². The van der Waals surface area contributed by atoms with Gasteiger partial charge in [-0.05, 0) is 27.7 Å². The van der Waals surface area contributed by atoms with Crippen LogP contribution >= 0.6 is 0 Å². The summed E-state index contributed by atoms with van der Waals surface area (Å²) in [5.41, 5.74) is 0. The van der Waals surface area contributed by atoms with Crippen LogP contribution in [0.15, 0.2) is 74.9 Å². The molecule has 0 aromatic carbocycles. The third-order valence-electron chi connectivity index (χ3n) is 1.50. The Morgan fingerprint density at radius 2 is 0.650 bits per heavy atom. The fourth-order valence-corrected chi connectivity index (χ4v) is 0. The summed E-state index contributed by atoms with van der Waals surface area (Å²) in [5, 5.41) is 0. The zero-order chi connectivity index (χ0) is 17.1. The topological polar surface area (TPSA) is 0 Å². The molecular weight excluding hydrogens is 240 g/mol. The molecule has 0 radical (unpaired) electrons. The van der Waals surface area contributed by atoms with E-state index < -0.39 is 0 Å². The second kappa shape index (κ2) is 66.2. The SMILES string of the molecule is C/C=C/C.C/C=C\C.C=CC=C.C=CC=C.CCCC. The van der Waals surface area contributed by atoms with Crippen LogP contribution < -0.4 is 0 Å². The summed E-state index contributed by atoms with van der Waals surface area (Å²) >= 11 is 0. The normalized spacial score (nSPS) is 7.30. The van der Waals surface area contributed by atoms with Gasteiger partial charge in [0.15, 0.2) is 0 Å². The molecule has 0 aliphatic rings. The molecule has 0 fully saturated rings. The number of hydrogen-bond donors (Lipinski definition) is 0. The van der Waals surface area contributed by atoms with Crippen molar-refractivity contribution in [2.75, 3.05) is 0 Å². The van der Waals surface area contributed by atoms with Crippen molar-refractivity contribution in [1.82, 2.24) is 0 Å². The van der Waals surface area contributed by atoms with Gasteiger partial charge < -0.3 is 0 Å². The van der Waals surface area contributed by atoms with Crippen LogP contribution in [-0.2, 0) is 0 Å². The van der Waals surface area contributed by atoms with Gasteiger partial charge in [-0.3, -0.25) is 0 Å². The predicted octanol–water partition coefficient (Wildman–Crippen LogP) is 7.69. The molecule has 0 amide bonds. The lowest BCUT2D eigenvalue weighted by atomic mass is 10.4. The van der Waals surface area contributed by atoms with Gasteiger partial charge in [0, 0.05) is 0 Å². The molecule has 0 atom stereocenters. The van der Waals surface area contributed by atoms with Crippen LogP contribution in [0.4, 0.5) is 0 Å². The molecule has 0 spiro atoms. The van der Waals surface area contributed by atoms with Crippen molar-refractivity contribution in [3.63, 3.8) is 0 Å². The van der Waals surface area contributed by atoms with E-state index in [4.69, 9.17) is 0 Å². The summed E-state index contributed by atoms with van der Waals surface area (Å²) in [6, 6.07) is 0. The molecule has 0 N–H and O–H groups in total. The van der Waals surface area contributed by atoms with Crippen molar-refractivity contribution in [2.45, 2.75) is 54.4 Å². The lowest BCUT2D eigenvalue weighted by molar-refractivity contribution is 0.886. The molecule has 0 unspecified atom stereocenters. The molecule has 0 rings (SSSR count). The highest BCUT2D eigenvalue weighted by atomic mass is 13.6. The van der Waals surface area contributed by atoms with E-state index in [1.807, 2.05) is 52.0 Å².